The predicted molar refractivity (Wildman–Crippen MR) is 115 cm³/mol. The van der Waals surface area contributed by atoms with Crippen LogP contribution in [0.2, 0.25) is 0 Å². The van der Waals surface area contributed by atoms with E-state index in [4.69, 9.17) is 0 Å². The van der Waals surface area contributed by atoms with Crippen LogP contribution < -0.4 is 0 Å². The molecule has 2 heterocycles. The minimum absolute atomic E-state index is 0.206. The maximum absolute atomic E-state index is 14.5. The van der Waals surface area contributed by atoms with Gasteiger partial charge in [-0.15, -0.1) is 11.3 Å². The van der Waals surface area contributed by atoms with Crippen LogP contribution in [-0.4, -0.2) is 41.0 Å². The number of thiophene rings is 1. The summed E-state index contributed by atoms with van der Waals surface area (Å²) in [4.78, 5) is 27.5. The highest BCUT2D eigenvalue weighted by molar-refractivity contribution is 7.12. The van der Waals surface area contributed by atoms with Crippen molar-refractivity contribution in [3.05, 3.63) is 93.7 Å². The van der Waals surface area contributed by atoms with E-state index in [9.17, 15) is 18.4 Å². The van der Waals surface area contributed by atoms with E-state index in [1.807, 2.05) is 0 Å². The quantitative estimate of drug-likeness (QED) is 0.589. The van der Waals surface area contributed by atoms with Crippen molar-refractivity contribution in [1.82, 2.24) is 9.91 Å². The van der Waals surface area contributed by atoms with Gasteiger partial charge in [-0.3, -0.25) is 9.59 Å². The highest BCUT2D eigenvalue weighted by Crippen LogP contribution is 2.34. The first-order chi connectivity index (χ1) is 14.9. The number of carbonyl (C=O) groups excluding carboxylic acids is 2. The third-order valence-corrected chi connectivity index (χ3v) is 5.92. The van der Waals surface area contributed by atoms with Crippen LogP contribution in [0, 0.1) is 11.6 Å². The number of hydrogen-bond donors (Lipinski definition) is 0. The summed E-state index contributed by atoms with van der Waals surface area (Å²) in [5, 5.41) is 7.46. The molecule has 1 atom stereocenters. The van der Waals surface area contributed by atoms with Gasteiger partial charge in [0.15, 0.2) is 0 Å². The first-order valence-electron chi connectivity index (χ1n) is 9.63. The van der Waals surface area contributed by atoms with Crippen LogP contribution in [0.15, 0.2) is 71.1 Å². The second-order valence-electron chi connectivity index (χ2n) is 7.17. The standard InChI is InChI=1S/C23H19F2N3O2S/c1-27(23(30)21-7-4-12-31-21)14-22(29)28-20(17-5-2-3-6-18(17)25)13-19(26-28)15-8-10-16(24)11-9-15/h2-12,20H,13-14H2,1H3/t20-/m1/s1. The Morgan fingerprint density at radius 2 is 1.84 bits per heavy atom. The topological polar surface area (TPSA) is 53.0 Å². The third-order valence-electron chi connectivity index (χ3n) is 5.06. The molecule has 0 spiro atoms. The summed E-state index contributed by atoms with van der Waals surface area (Å²) in [7, 11) is 1.54. The summed E-state index contributed by atoms with van der Waals surface area (Å²) in [5.41, 5.74) is 1.54. The second kappa shape index (κ2) is 8.77. The molecule has 0 saturated carbocycles. The largest absolute Gasteiger partial charge is 0.332 e. The SMILES string of the molecule is CN(CC(=O)N1N=C(c2ccc(F)cc2)C[C@@H]1c1ccccc1F)C(=O)c1cccs1. The van der Waals surface area contributed by atoms with Crippen LogP contribution in [0.1, 0.15) is 33.3 Å². The molecule has 8 heteroatoms. The van der Waals surface area contributed by atoms with Gasteiger partial charge < -0.3 is 4.90 Å². The lowest BCUT2D eigenvalue weighted by Crippen LogP contribution is -2.39. The summed E-state index contributed by atoms with van der Waals surface area (Å²) in [5.74, 6) is -1.52. The Morgan fingerprint density at radius 3 is 2.52 bits per heavy atom. The van der Waals surface area contributed by atoms with Crippen LogP contribution in [-0.2, 0) is 4.79 Å². The molecule has 1 aliphatic rings. The van der Waals surface area contributed by atoms with Crippen LogP contribution >= 0.6 is 11.3 Å². The molecule has 5 nitrogen and oxygen atoms in total. The summed E-state index contributed by atoms with van der Waals surface area (Å²) < 4.78 is 27.9. The van der Waals surface area contributed by atoms with Gasteiger partial charge in [0.2, 0.25) is 0 Å². The van der Waals surface area contributed by atoms with Gasteiger partial charge in [0.1, 0.15) is 18.2 Å². The molecule has 0 radical (unpaired) electrons. The highest BCUT2D eigenvalue weighted by atomic mass is 32.1. The Hall–Kier alpha value is -3.39. The molecule has 0 bridgehead atoms. The van der Waals surface area contributed by atoms with Crippen molar-refractivity contribution in [2.24, 2.45) is 5.10 Å². The average Bonchev–Trinajstić information content (AvgIpc) is 3.44. The second-order valence-corrected chi connectivity index (χ2v) is 8.12. The van der Waals surface area contributed by atoms with Gasteiger partial charge in [-0.1, -0.05) is 36.4 Å². The third kappa shape index (κ3) is 4.39. The number of benzene rings is 2. The lowest BCUT2D eigenvalue weighted by molar-refractivity contribution is -0.133. The van der Waals surface area contributed by atoms with Crippen LogP contribution in [0.25, 0.3) is 0 Å². The molecule has 0 aliphatic carbocycles. The minimum Gasteiger partial charge on any atom is -0.332 e. The van der Waals surface area contributed by atoms with Gasteiger partial charge in [-0.25, -0.2) is 13.8 Å². The predicted octanol–water partition coefficient (Wildman–Crippen LogP) is 4.48. The Bertz CT molecular complexity index is 1130. The first kappa shape index (κ1) is 20.9. The normalized spacial score (nSPS) is 15.6. The molecule has 1 aliphatic heterocycles. The molecule has 158 valence electrons. The number of hydrogen-bond acceptors (Lipinski definition) is 4. The molecule has 2 amide bonds. The van der Waals surface area contributed by atoms with E-state index >= 15 is 0 Å². The zero-order chi connectivity index (χ0) is 22.0. The number of hydrazone groups is 1. The summed E-state index contributed by atoms with van der Waals surface area (Å²) in [6.45, 7) is -0.206. The van der Waals surface area contributed by atoms with E-state index < -0.39 is 17.8 Å². The maximum Gasteiger partial charge on any atom is 0.264 e. The molecular formula is C23H19F2N3O2S. The van der Waals surface area contributed by atoms with Gasteiger partial charge in [-0.2, -0.15) is 5.10 Å². The monoisotopic (exact) mass is 439 g/mol. The molecule has 0 unspecified atom stereocenters. The van der Waals surface area contributed by atoms with Crippen molar-refractivity contribution < 1.29 is 18.4 Å². The zero-order valence-corrected chi connectivity index (χ0v) is 17.5. The fourth-order valence-corrected chi connectivity index (χ4v) is 4.20. The smallest absolute Gasteiger partial charge is 0.264 e. The van der Waals surface area contributed by atoms with E-state index in [0.29, 0.717) is 21.7 Å². The molecule has 1 aromatic heterocycles. The summed E-state index contributed by atoms with van der Waals surface area (Å²) in [6.07, 6.45) is 0.279. The molecule has 2 aromatic carbocycles. The van der Waals surface area contributed by atoms with E-state index in [2.05, 4.69) is 5.10 Å². The van der Waals surface area contributed by atoms with Gasteiger partial charge in [0, 0.05) is 19.0 Å². The van der Waals surface area contributed by atoms with Crippen molar-refractivity contribution in [1.29, 1.82) is 0 Å². The molecule has 3 aromatic rings. The van der Waals surface area contributed by atoms with Gasteiger partial charge >= 0.3 is 0 Å². The van der Waals surface area contributed by atoms with E-state index in [1.54, 1.807) is 54.9 Å². The number of rotatable bonds is 5. The minimum atomic E-state index is -0.654. The van der Waals surface area contributed by atoms with Crippen molar-refractivity contribution in [3.8, 4) is 0 Å². The first-order valence-corrected chi connectivity index (χ1v) is 10.5. The number of likely N-dealkylation sites (N-methyl/N-ethyl adjacent to an activating group) is 1. The maximum atomic E-state index is 14.5. The fraction of sp³-hybridized carbons (Fsp3) is 0.174. The number of halogens is 2. The number of nitrogens with zero attached hydrogens (tertiary/aromatic N) is 3. The fourth-order valence-electron chi connectivity index (χ4n) is 3.48. The van der Waals surface area contributed by atoms with Crippen molar-refractivity contribution in [3.63, 3.8) is 0 Å². The Labute approximate surface area is 182 Å². The van der Waals surface area contributed by atoms with Crippen molar-refractivity contribution >= 4 is 28.9 Å². The van der Waals surface area contributed by atoms with Crippen molar-refractivity contribution in [2.45, 2.75) is 12.5 Å². The van der Waals surface area contributed by atoms with Gasteiger partial charge in [0.05, 0.1) is 16.6 Å². The average molecular weight is 439 g/mol. The molecule has 0 N–H and O–H groups in total. The molecule has 0 saturated heterocycles. The van der Waals surface area contributed by atoms with E-state index in [-0.39, 0.29) is 24.7 Å². The van der Waals surface area contributed by atoms with E-state index in [1.165, 1.54) is 39.4 Å². The summed E-state index contributed by atoms with van der Waals surface area (Å²) in [6, 6.07) is 14.8. The Morgan fingerprint density at radius 1 is 1.10 bits per heavy atom. The molecule has 31 heavy (non-hydrogen) atoms. The Kier molecular flexibility index (Phi) is 5.90. The van der Waals surface area contributed by atoms with Crippen LogP contribution in [0.3, 0.4) is 0 Å². The Balaban J connectivity index is 1.61. The molecule has 0 fully saturated rings. The summed E-state index contributed by atoms with van der Waals surface area (Å²) >= 11 is 1.29. The van der Waals surface area contributed by atoms with Gasteiger partial charge in [-0.05, 0) is 35.2 Å². The van der Waals surface area contributed by atoms with Crippen molar-refractivity contribution in [2.75, 3.05) is 13.6 Å². The lowest BCUT2D eigenvalue weighted by Gasteiger charge is -2.25. The highest BCUT2D eigenvalue weighted by Gasteiger charge is 2.35. The molecule has 4 rings (SSSR count). The van der Waals surface area contributed by atoms with Gasteiger partial charge in [0.25, 0.3) is 11.8 Å². The molecular weight excluding hydrogens is 420 g/mol. The number of carbonyl (C=O) groups is 2. The lowest BCUT2D eigenvalue weighted by atomic mass is 9.98. The number of amides is 2. The zero-order valence-electron chi connectivity index (χ0n) is 16.7. The van der Waals surface area contributed by atoms with Crippen LogP contribution in [0.4, 0.5) is 8.78 Å². The van der Waals surface area contributed by atoms with E-state index in [0.717, 1.165) is 0 Å². The van der Waals surface area contributed by atoms with Crippen LogP contribution in [0.5, 0.6) is 0 Å².